The second-order valence-electron chi connectivity index (χ2n) is 9.87. The van der Waals surface area contributed by atoms with Crippen LogP contribution in [0.4, 0.5) is 5.69 Å². The molecule has 2 amide bonds. The van der Waals surface area contributed by atoms with Gasteiger partial charge in [0.1, 0.15) is 0 Å². The summed E-state index contributed by atoms with van der Waals surface area (Å²) in [6.07, 6.45) is 3.68. The van der Waals surface area contributed by atoms with E-state index >= 15 is 0 Å². The van der Waals surface area contributed by atoms with Crippen LogP contribution in [0.15, 0.2) is 90.0 Å². The minimum absolute atomic E-state index is 0.0451. The molecule has 0 bridgehead atoms. The van der Waals surface area contributed by atoms with Crippen LogP contribution < -0.4 is 5.32 Å². The molecule has 0 saturated carbocycles. The molecule has 200 valence electrons. The van der Waals surface area contributed by atoms with E-state index in [9.17, 15) is 18.0 Å². The van der Waals surface area contributed by atoms with Gasteiger partial charge in [0.2, 0.25) is 5.91 Å². The van der Waals surface area contributed by atoms with Crippen molar-refractivity contribution in [3.05, 3.63) is 102 Å². The van der Waals surface area contributed by atoms with Crippen molar-refractivity contribution in [3.8, 4) is 0 Å². The maximum atomic E-state index is 13.1. The molecular formula is C31H31N3O4S. The Morgan fingerprint density at radius 2 is 1.67 bits per heavy atom. The number of likely N-dealkylation sites (tertiary alicyclic amines) is 1. The van der Waals surface area contributed by atoms with Crippen molar-refractivity contribution in [2.45, 2.75) is 37.0 Å². The van der Waals surface area contributed by atoms with Crippen LogP contribution in [-0.2, 0) is 21.1 Å². The van der Waals surface area contributed by atoms with Crippen molar-refractivity contribution in [2.75, 3.05) is 24.2 Å². The summed E-state index contributed by atoms with van der Waals surface area (Å²) in [4.78, 5) is 32.1. The zero-order valence-corrected chi connectivity index (χ0v) is 22.7. The van der Waals surface area contributed by atoms with Gasteiger partial charge in [-0.05, 0) is 78.4 Å². The highest BCUT2D eigenvalue weighted by Gasteiger charge is 2.25. The number of hydrogen-bond donors (Lipinski definition) is 1. The molecule has 39 heavy (non-hydrogen) atoms. The topological polar surface area (TPSA) is 96.4 Å². The van der Waals surface area contributed by atoms with Crippen molar-refractivity contribution in [3.63, 3.8) is 0 Å². The van der Waals surface area contributed by atoms with Crippen molar-refractivity contribution in [2.24, 2.45) is 0 Å². The second kappa shape index (κ2) is 11.4. The van der Waals surface area contributed by atoms with Gasteiger partial charge in [0, 0.05) is 35.9 Å². The molecule has 0 unspecified atom stereocenters. The first-order chi connectivity index (χ1) is 18.8. The number of nitrogens with zero attached hydrogens (tertiary/aromatic N) is 2. The molecule has 0 radical (unpaired) electrons. The predicted molar refractivity (Wildman–Crippen MR) is 153 cm³/mol. The third kappa shape index (κ3) is 6.17. The maximum Gasteiger partial charge on any atom is 0.253 e. The number of fused-ring (bicyclic) bond motifs is 1. The number of piperidine rings is 1. The fourth-order valence-corrected chi connectivity index (χ4v) is 5.90. The minimum atomic E-state index is -3.26. The van der Waals surface area contributed by atoms with Gasteiger partial charge >= 0.3 is 0 Å². The molecule has 1 N–H and O–H groups in total. The number of benzene rings is 3. The van der Waals surface area contributed by atoms with E-state index in [4.69, 9.17) is 0 Å². The van der Waals surface area contributed by atoms with E-state index in [1.54, 1.807) is 37.4 Å². The van der Waals surface area contributed by atoms with Gasteiger partial charge in [-0.25, -0.2) is 8.42 Å². The summed E-state index contributed by atoms with van der Waals surface area (Å²) in [6.45, 7) is 3.01. The first-order valence-electron chi connectivity index (χ1n) is 13.2. The van der Waals surface area contributed by atoms with Crippen LogP contribution in [0.25, 0.3) is 10.9 Å². The number of rotatable bonds is 7. The average molecular weight is 542 g/mol. The van der Waals surface area contributed by atoms with E-state index in [2.05, 4.69) is 10.3 Å². The summed E-state index contributed by atoms with van der Waals surface area (Å²) in [7, 11) is -3.26. The maximum absolute atomic E-state index is 13.1. The molecule has 4 aromatic rings. The summed E-state index contributed by atoms with van der Waals surface area (Å²) >= 11 is 0. The largest absolute Gasteiger partial charge is 0.339 e. The highest BCUT2D eigenvalue weighted by Crippen LogP contribution is 2.30. The molecule has 1 fully saturated rings. The molecule has 1 saturated heterocycles. The molecule has 5 rings (SSSR count). The van der Waals surface area contributed by atoms with Crippen LogP contribution in [0.2, 0.25) is 0 Å². The second-order valence-corrected chi connectivity index (χ2v) is 12.1. The van der Waals surface area contributed by atoms with Crippen LogP contribution in [0.1, 0.15) is 47.2 Å². The van der Waals surface area contributed by atoms with Gasteiger partial charge in [0.05, 0.1) is 22.6 Å². The Morgan fingerprint density at radius 1 is 0.949 bits per heavy atom. The lowest BCUT2D eigenvalue weighted by molar-refractivity contribution is -0.115. The van der Waals surface area contributed by atoms with Crippen LogP contribution in [0.5, 0.6) is 0 Å². The number of hydrogen-bond acceptors (Lipinski definition) is 5. The van der Waals surface area contributed by atoms with Gasteiger partial charge in [0.15, 0.2) is 9.84 Å². The Labute approximate surface area is 228 Å². The van der Waals surface area contributed by atoms with E-state index in [1.165, 1.54) is 5.56 Å². The van der Waals surface area contributed by atoms with E-state index in [0.717, 1.165) is 29.3 Å². The number of carbonyl (C=O) groups excluding carboxylic acids is 2. The molecular weight excluding hydrogens is 510 g/mol. The third-order valence-corrected chi connectivity index (χ3v) is 9.08. The Hall–Kier alpha value is -4.04. The first-order valence-corrected chi connectivity index (χ1v) is 14.8. The molecule has 0 spiro atoms. The lowest BCUT2D eigenvalue weighted by Gasteiger charge is -2.32. The number of carbonyl (C=O) groups is 2. The summed E-state index contributed by atoms with van der Waals surface area (Å²) < 4.78 is 23.9. The standard InChI is InChI=1S/C31H31N3O4S/c1-2-39(37,38)28-12-5-22(6-13-28)20-30(35)33-27-10-7-23(8-11-27)24-15-18-34(19-16-24)31(36)26-9-14-29-25(21-26)4-3-17-32-29/h3-14,17,21,24H,2,15-16,18-20H2,1H3,(H,33,35). The molecule has 1 aliphatic heterocycles. The van der Waals surface area contributed by atoms with E-state index in [0.29, 0.717) is 30.3 Å². The van der Waals surface area contributed by atoms with Crippen LogP contribution >= 0.6 is 0 Å². The monoisotopic (exact) mass is 541 g/mol. The molecule has 1 aromatic heterocycles. The summed E-state index contributed by atoms with van der Waals surface area (Å²) in [5, 5.41) is 3.88. The van der Waals surface area contributed by atoms with E-state index in [1.807, 2.05) is 59.5 Å². The highest BCUT2D eigenvalue weighted by molar-refractivity contribution is 7.91. The van der Waals surface area contributed by atoms with Gasteiger partial charge in [-0.1, -0.05) is 37.3 Å². The van der Waals surface area contributed by atoms with Gasteiger partial charge in [-0.2, -0.15) is 0 Å². The Balaban J connectivity index is 1.13. The number of amides is 2. The third-order valence-electron chi connectivity index (χ3n) is 7.33. The fourth-order valence-electron chi connectivity index (χ4n) is 5.02. The van der Waals surface area contributed by atoms with E-state index in [-0.39, 0.29) is 28.9 Å². The van der Waals surface area contributed by atoms with Crippen molar-refractivity contribution in [1.82, 2.24) is 9.88 Å². The number of anilines is 1. The molecule has 7 nitrogen and oxygen atoms in total. The zero-order chi connectivity index (χ0) is 27.4. The predicted octanol–water partition coefficient (Wildman–Crippen LogP) is 5.23. The van der Waals surface area contributed by atoms with Crippen molar-refractivity contribution in [1.29, 1.82) is 0 Å². The molecule has 3 aromatic carbocycles. The highest BCUT2D eigenvalue weighted by atomic mass is 32.2. The van der Waals surface area contributed by atoms with Crippen LogP contribution in [0, 0.1) is 0 Å². The minimum Gasteiger partial charge on any atom is -0.339 e. The number of nitrogens with one attached hydrogen (secondary N) is 1. The summed E-state index contributed by atoms with van der Waals surface area (Å²) in [6, 6.07) is 23.9. The van der Waals surface area contributed by atoms with Gasteiger partial charge < -0.3 is 10.2 Å². The summed E-state index contributed by atoms with van der Waals surface area (Å²) in [5.41, 5.74) is 4.24. The lowest BCUT2D eigenvalue weighted by Crippen LogP contribution is -2.37. The normalized spacial score (nSPS) is 14.3. The van der Waals surface area contributed by atoms with E-state index < -0.39 is 9.84 Å². The first kappa shape index (κ1) is 26.6. The number of sulfone groups is 1. The molecule has 0 aliphatic carbocycles. The molecule has 2 heterocycles. The Bertz CT molecular complexity index is 1590. The van der Waals surface area contributed by atoms with Crippen LogP contribution in [-0.4, -0.2) is 49.0 Å². The zero-order valence-electron chi connectivity index (χ0n) is 21.8. The Morgan fingerprint density at radius 3 is 2.36 bits per heavy atom. The van der Waals surface area contributed by atoms with Gasteiger partial charge in [-0.3, -0.25) is 14.6 Å². The molecule has 0 atom stereocenters. The van der Waals surface area contributed by atoms with Crippen molar-refractivity contribution >= 4 is 38.2 Å². The molecule has 1 aliphatic rings. The number of aromatic nitrogens is 1. The average Bonchev–Trinajstić information content (AvgIpc) is 2.97. The van der Waals surface area contributed by atoms with Crippen molar-refractivity contribution < 1.29 is 18.0 Å². The Kier molecular flexibility index (Phi) is 7.74. The van der Waals surface area contributed by atoms with Gasteiger partial charge in [0.25, 0.3) is 5.91 Å². The van der Waals surface area contributed by atoms with Crippen LogP contribution in [0.3, 0.4) is 0 Å². The smallest absolute Gasteiger partial charge is 0.253 e. The fraction of sp³-hybridized carbons (Fsp3) is 0.258. The SMILES string of the molecule is CCS(=O)(=O)c1ccc(CC(=O)Nc2ccc(C3CCN(C(=O)c4ccc5ncccc5c4)CC3)cc2)cc1. The number of pyridine rings is 1. The quantitative estimate of drug-likeness (QED) is 0.346. The van der Waals surface area contributed by atoms with Gasteiger partial charge in [-0.15, -0.1) is 0 Å². The lowest BCUT2D eigenvalue weighted by atomic mass is 9.89. The molecule has 8 heteroatoms. The summed E-state index contributed by atoms with van der Waals surface area (Å²) in [5.74, 6) is 0.297.